The molecule has 34 heavy (non-hydrogen) atoms. The van der Waals surface area contributed by atoms with Crippen LogP contribution in [0.5, 0.6) is 0 Å². The van der Waals surface area contributed by atoms with Crippen molar-refractivity contribution in [3.63, 3.8) is 0 Å². The summed E-state index contributed by atoms with van der Waals surface area (Å²) in [5.74, 6) is 1.81. The molecule has 0 unspecified atom stereocenters. The Labute approximate surface area is 207 Å². The van der Waals surface area contributed by atoms with E-state index >= 15 is 0 Å². The number of methoxy groups -OCH3 is 1. The molecule has 5 aliphatic carbocycles. The fourth-order valence-electron chi connectivity index (χ4n) is 10.9. The van der Waals surface area contributed by atoms with Crippen LogP contribution in [0.1, 0.15) is 99.3 Å². The minimum absolute atomic E-state index is 0.00941. The van der Waals surface area contributed by atoms with E-state index in [-0.39, 0.29) is 45.1 Å². The van der Waals surface area contributed by atoms with Crippen molar-refractivity contribution in [2.45, 2.75) is 105 Å². The minimum Gasteiger partial charge on any atom is -0.469 e. The van der Waals surface area contributed by atoms with E-state index < -0.39 is 0 Å². The molecule has 0 aliphatic heterocycles. The maximum Gasteiger partial charge on any atom is 0.312 e. The number of fused-ring (bicyclic) bond motifs is 7. The zero-order chi connectivity index (χ0) is 24.9. The summed E-state index contributed by atoms with van der Waals surface area (Å²) >= 11 is 0. The molecule has 190 valence electrons. The highest BCUT2D eigenvalue weighted by molar-refractivity contribution is 5.79. The largest absolute Gasteiger partial charge is 0.469 e. The average molecular weight is 469 g/mol. The Morgan fingerprint density at radius 1 is 1.00 bits per heavy atom. The number of aliphatic hydroxyl groups excluding tert-OH is 1. The van der Waals surface area contributed by atoms with Crippen LogP contribution in [0.15, 0.2) is 23.8 Å². The Balaban J connectivity index is 1.62. The zero-order valence-electron chi connectivity index (χ0n) is 22.8. The third-order valence-corrected chi connectivity index (χ3v) is 13.0. The van der Waals surface area contributed by atoms with Gasteiger partial charge in [0.1, 0.15) is 0 Å². The molecule has 0 heterocycles. The summed E-state index contributed by atoms with van der Waals surface area (Å²) in [5, 5.41) is 10.9. The van der Waals surface area contributed by atoms with Gasteiger partial charge in [0.15, 0.2) is 0 Å². The number of rotatable bonds is 2. The summed E-state index contributed by atoms with van der Waals surface area (Å²) in [6.45, 7) is 18.9. The molecule has 0 aromatic carbocycles. The maximum absolute atomic E-state index is 13.3. The third kappa shape index (κ3) is 2.77. The van der Waals surface area contributed by atoms with E-state index in [0.717, 1.165) is 44.9 Å². The molecule has 4 fully saturated rings. The molecule has 0 aromatic rings. The van der Waals surface area contributed by atoms with Crippen LogP contribution in [0.25, 0.3) is 0 Å². The molecule has 5 rings (SSSR count). The van der Waals surface area contributed by atoms with E-state index in [0.29, 0.717) is 17.8 Å². The fraction of sp³-hybridized carbons (Fsp3) is 0.839. The maximum atomic E-state index is 13.3. The van der Waals surface area contributed by atoms with Crippen LogP contribution in [0.3, 0.4) is 0 Å². The van der Waals surface area contributed by atoms with Gasteiger partial charge in [0.25, 0.3) is 0 Å². The lowest BCUT2D eigenvalue weighted by Gasteiger charge is -2.70. The molecular weight excluding hydrogens is 420 g/mol. The van der Waals surface area contributed by atoms with E-state index in [1.54, 1.807) is 12.7 Å². The van der Waals surface area contributed by atoms with Crippen LogP contribution in [0.4, 0.5) is 0 Å². The van der Waals surface area contributed by atoms with Crippen LogP contribution in [0.2, 0.25) is 0 Å². The topological polar surface area (TPSA) is 46.5 Å². The van der Waals surface area contributed by atoms with Gasteiger partial charge in [0.05, 0.1) is 18.6 Å². The molecule has 3 nitrogen and oxygen atoms in total. The first-order valence-electron chi connectivity index (χ1n) is 13.9. The second-order valence-electron chi connectivity index (χ2n) is 14.3. The molecule has 0 amide bonds. The number of allylic oxidation sites excluding steroid dienone is 3. The number of aliphatic hydroxyl groups is 1. The SMILES string of the molecule is C=C(C)[C@@H]1CC[C@]2(C(=O)OC)CC[C@]3(C)C(=CC[C@@H]4[C@@]5(C)CC[C@H](O)C(C)(C)[C@@H]5CC[C@]43C)[C@@H]12. The molecule has 0 aromatic heterocycles. The first-order chi connectivity index (χ1) is 15.8. The Morgan fingerprint density at radius 2 is 1.71 bits per heavy atom. The molecule has 5 aliphatic rings. The van der Waals surface area contributed by atoms with Crippen molar-refractivity contribution in [1.82, 2.24) is 0 Å². The number of carbonyl (C=O) groups excluding carboxylic acids is 1. The predicted molar refractivity (Wildman–Crippen MR) is 137 cm³/mol. The third-order valence-electron chi connectivity index (χ3n) is 13.0. The highest BCUT2D eigenvalue weighted by Crippen LogP contribution is 2.76. The number of ether oxygens (including phenoxy) is 1. The lowest BCUT2D eigenvalue weighted by Crippen LogP contribution is -2.64. The molecule has 4 saturated carbocycles. The number of carbonyl (C=O) groups is 1. The van der Waals surface area contributed by atoms with Crippen molar-refractivity contribution < 1.29 is 14.6 Å². The van der Waals surface area contributed by atoms with Gasteiger partial charge in [-0.05, 0) is 104 Å². The van der Waals surface area contributed by atoms with Crippen molar-refractivity contribution in [1.29, 1.82) is 0 Å². The molecule has 0 bridgehead atoms. The van der Waals surface area contributed by atoms with Crippen molar-refractivity contribution in [3.8, 4) is 0 Å². The van der Waals surface area contributed by atoms with E-state index in [1.807, 2.05) is 0 Å². The number of hydrogen-bond donors (Lipinski definition) is 1. The van der Waals surface area contributed by atoms with Gasteiger partial charge in [-0.3, -0.25) is 4.79 Å². The minimum atomic E-state index is -0.370. The Morgan fingerprint density at radius 3 is 2.35 bits per heavy atom. The van der Waals surface area contributed by atoms with Crippen LogP contribution in [-0.4, -0.2) is 24.3 Å². The van der Waals surface area contributed by atoms with Gasteiger partial charge >= 0.3 is 5.97 Å². The second-order valence-corrected chi connectivity index (χ2v) is 14.3. The smallest absolute Gasteiger partial charge is 0.312 e. The quantitative estimate of drug-likeness (QED) is 0.347. The van der Waals surface area contributed by atoms with Gasteiger partial charge in [0.2, 0.25) is 0 Å². The Bertz CT molecular complexity index is 931. The molecule has 0 radical (unpaired) electrons. The Hall–Kier alpha value is -1.09. The van der Waals surface area contributed by atoms with E-state index in [2.05, 4.69) is 54.2 Å². The van der Waals surface area contributed by atoms with Crippen LogP contribution in [-0.2, 0) is 9.53 Å². The summed E-state index contributed by atoms with van der Waals surface area (Å²) in [4.78, 5) is 13.3. The number of hydrogen-bond acceptors (Lipinski definition) is 3. The van der Waals surface area contributed by atoms with Gasteiger partial charge in [-0.1, -0.05) is 58.4 Å². The van der Waals surface area contributed by atoms with Gasteiger partial charge in [0, 0.05) is 5.92 Å². The lowest BCUT2D eigenvalue weighted by atomic mass is 9.34. The van der Waals surface area contributed by atoms with Crippen molar-refractivity contribution in [3.05, 3.63) is 23.8 Å². The van der Waals surface area contributed by atoms with E-state index in [9.17, 15) is 9.90 Å². The van der Waals surface area contributed by atoms with Gasteiger partial charge in [-0.25, -0.2) is 0 Å². The van der Waals surface area contributed by atoms with Gasteiger partial charge < -0.3 is 9.84 Å². The number of esters is 1. The summed E-state index contributed by atoms with van der Waals surface area (Å²) in [6.07, 6.45) is 12.0. The normalized spacial score (nSPS) is 51.3. The molecule has 1 N–H and O–H groups in total. The van der Waals surface area contributed by atoms with Crippen LogP contribution in [0, 0.1) is 50.7 Å². The van der Waals surface area contributed by atoms with Crippen molar-refractivity contribution >= 4 is 5.97 Å². The summed E-state index contributed by atoms with van der Waals surface area (Å²) in [6, 6.07) is 0. The predicted octanol–water partition coefficient (Wildman–Crippen LogP) is 7.10. The zero-order valence-corrected chi connectivity index (χ0v) is 22.8. The van der Waals surface area contributed by atoms with E-state index in [1.165, 1.54) is 18.4 Å². The standard InChI is InChI=1S/C31H48O3/c1-19(2)20-11-16-31(26(33)34-8)18-17-29(6)21(25(20)31)9-10-23-28(5)14-13-24(32)27(3,4)22(28)12-15-30(23,29)7/h9,20,22-25,32H,1,10-18H2,2-8H3/t20-,22-,23+,24-,25+,28-,29+,30+,31-/m0/s1. The van der Waals surface area contributed by atoms with E-state index in [4.69, 9.17) is 4.74 Å². The molecule has 9 atom stereocenters. The highest BCUT2D eigenvalue weighted by atomic mass is 16.5. The fourth-order valence-corrected chi connectivity index (χ4v) is 10.9. The first kappa shape index (κ1) is 24.6. The molecule has 0 saturated heterocycles. The summed E-state index contributed by atoms with van der Waals surface area (Å²) in [7, 11) is 1.57. The molecule has 3 heteroatoms. The van der Waals surface area contributed by atoms with Crippen LogP contribution >= 0.6 is 0 Å². The van der Waals surface area contributed by atoms with Gasteiger partial charge in [-0.2, -0.15) is 0 Å². The van der Waals surface area contributed by atoms with Crippen molar-refractivity contribution in [2.24, 2.45) is 50.7 Å². The molecule has 0 spiro atoms. The molecular formula is C31H48O3. The van der Waals surface area contributed by atoms with Gasteiger partial charge in [-0.15, -0.1) is 0 Å². The monoisotopic (exact) mass is 468 g/mol. The van der Waals surface area contributed by atoms with Crippen molar-refractivity contribution in [2.75, 3.05) is 7.11 Å². The summed E-state index contributed by atoms with van der Waals surface area (Å²) in [5.41, 5.74) is 2.96. The summed E-state index contributed by atoms with van der Waals surface area (Å²) < 4.78 is 5.47. The average Bonchev–Trinajstić information content (AvgIpc) is 3.18. The second kappa shape index (κ2) is 7.46. The first-order valence-corrected chi connectivity index (χ1v) is 13.9. The Kier molecular flexibility index (Phi) is 5.40. The lowest BCUT2D eigenvalue weighted by molar-refractivity contribution is -0.202. The highest BCUT2D eigenvalue weighted by Gasteiger charge is 2.70. The van der Waals surface area contributed by atoms with Crippen LogP contribution < -0.4 is 0 Å².